The van der Waals surface area contributed by atoms with Gasteiger partial charge in [0.05, 0.1) is 56.1 Å². The molecule has 12 rings (SSSR count). The summed E-state index contributed by atoms with van der Waals surface area (Å²) in [7, 11) is 0. The Kier molecular flexibility index (Phi) is 12.7. The van der Waals surface area contributed by atoms with E-state index >= 15 is 0 Å². The number of aliphatic imine (C=N–C) groups is 1. The first kappa shape index (κ1) is 48.8. The molecule has 6 aliphatic heterocycles. The first-order valence-corrected chi connectivity index (χ1v) is 29.4. The molecular formula is C61H60BN5OS5. The highest BCUT2D eigenvalue weighted by Crippen LogP contribution is 2.59. The van der Waals surface area contributed by atoms with E-state index in [0.717, 1.165) is 68.5 Å². The molecule has 0 radical (unpaired) electrons. The second kappa shape index (κ2) is 18.9. The summed E-state index contributed by atoms with van der Waals surface area (Å²) in [6.45, 7) is 22.9. The Balaban J connectivity index is 1.03. The first-order chi connectivity index (χ1) is 35.2. The van der Waals surface area contributed by atoms with Crippen molar-refractivity contribution < 1.29 is 4.65 Å². The van der Waals surface area contributed by atoms with Gasteiger partial charge in [0.25, 0.3) is 0 Å². The second-order valence-electron chi connectivity index (χ2n) is 21.1. The summed E-state index contributed by atoms with van der Waals surface area (Å²) in [5.41, 5.74) is 26.8. The molecule has 3 aromatic rings. The lowest BCUT2D eigenvalue weighted by Crippen LogP contribution is -2.45. The number of allylic oxidation sites excluding steroid dienone is 16. The van der Waals surface area contributed by atoms with Crippen LogP contribution in [0.2, 0.25) is 0 Å². The first-order valence-electron chi connectivity index (χ1n) is 25.6. The van der Waals surface area contributed by atoms with E-state index in [1.54, 1.807) is 0 Å². The molecule has 6 nitrogen and oxygen atoms in total. The van der Waals surface area contributed by atoms with Crippen LogP contribution in [0.15, 0.2) is 197 Å². The van der Waals surface area contributed by atoms with Gasteiger partial charge in [-0.3, -0.25) is 4.72 Å². The van der Waals surface area contributed by atoms with Gasteiger partial charge >= 0.3 is 6.33 Å². The fourth-order valence-electron chi connectivity index (χ4n) is 12.1. The van der Waals surface area contributed by atoms with Crippen LogP contribution in [0.25, 0.3) is 21.8 Å². The summed E-state index contributed by atoms with van der Waals surface area (Å²) in [6, 6.07) is 15.7. The number of hydrogen-bond acceptors (Lipinski definition) is 11. The number of nitrogens with one attached hydrogen (secondary N) is 1. The summed E-state index contributed by atoms with van der Waals surface area (Å²) < 4.78 is 15.6. The lowest BCUT2D eigenvalue weighted by atomic mass is 9.64. The van der Waals surface area contributed by atoms with Crippen LogP contribution in [-0.4, -0.2) is 39.4 Å². The van der Waals surface area contributed by atoms with Crippen molar-refractivity contribution in [1.82, 2.24) is 9.53 Å². The number of fused-ring (bicyclic) bond motifs is 10. The van der Waals surface area contributed by atoms with Gasteiger partial charge in [-0.1, -0.05) is 154 Å². The number of nitrogens with two attached hydrogens (primary N) is 1. The van der Waals surface area contributed by atoms with Gasteiger partial charge in [0, 0.05) is 61.6 Å². The molecule has 0 saturated carbocycles. The van der Waals surface area contributed by atoms with Gasteiger partial charge in [-0.15, -0.1) is 23.1 Å². The molecule has 7 atom stereocenters. The van der Waals surface area contributed by atoms with Crippen LogP contribution in [0.4, 0.5) is 11.4 Å². The van der Waals surface area contributed by atoms with Crippen molar-refractivity contribution in [2.24, 2.45) is 21.2 Å². The molecule has 7 unspecified atom stereocenters. The molecule has 0 fully saturated rings. The predicted molar refractivity (Wildman–Crippen MR) is 318 cm³/mol. The fraction of sp³-hybridized carbons (Fsp3) is 0.295. The molecule has 73 heavy (non-hydrogen) atoms. The number of anilines is 1. The normalized spacial score (nSPS) is 28.7. The van der Waals surface area contributed by atoms with E-state index in [0.29, 0.717) is 22.5 Å². The van der Waals surface area contributed by atoms with Gasteiger partial charge in [0.15, 0.2) is 0 Å². The quantitative estimate of drug-likeness (QED) is 0.100. The Morgan fingerprint density at radius 2 is 1.89 bits per heavy atom. The number of rotatable bonds is 8. The van der Waals surface area contributed by atoms with Crippen molar-refractivity contribution in [2.45, 2.75) is 108 Å². The summed E-state index contributed by atoms with van der Waals surface area (Å²) >= 11 is 12.5. The number of nitrogen functional groups attached to an aromatic ring is 1. The highest BCUT2D eigenvalue weighted by molar-refractivity contribution is 8.24. The lowest BCUT2D eigenvalue weighted by molar-refractivity contribution is 0.356. The Bertz CT molecular complexity index is 3400. The van der Waals surface area contributed by atoms with Crippen LogP contribution in [0.3, 0.4) is 0 Å². The second-order valence-corrected chi connectivity index (χ2v) is 25.9. The zero-order chi connectivity index (χ0) is 50.6. The number of thioether (sulfide) groups is 1. The largest absolute Gasteiger partial charge is 0.562 e. The predicted octanol–water partition coefficient (Wildman–Crippen LogP) is 16.0. The molecule has 12 heteroatoms. The van der Waals surface area contributed by atoms with Crippen molar-refractivity contribution >= 4 is 93.9 Å². The maximum absolute atomic E-state index is 7.77. The fourth-order valence-corrected chi connectivity index (χ4v) is 16.9. The molecule has 2 bridgehead atoms. The number of nitrogens with zero attached hydrogens (tertiary/aromatic N) is 3. The number of benzene rings is 2. The molecule has 0 saturated heterocycles. The monoisotopic (exact) mass is 1050 g/mol. The molecule has 2 aromatic carbocycles. The topological polar surface area (TPSA) is 75.2 Å². The highest BCUT2D eigenvalue weighted by atomic mass is 32.2. The van der Waals surface area contributed by atoms with Gasteiger partial charge in [-0.2, -0.15) is 4.36 Å². The van der Waals surface area contributed by atoms with Crippen LogP contribution in [0.1, 0.15) is 96.2 Å². The van der Waals surface area contributed by atoms with E-state index in [2.05, 4.69) is 173 Å². The van der Waals surface area contributed by atoms with Crippen LogP contribution < -0.4 is 10.5 Å². The maximum atomic E-state index is 7.77. The van der Waals surface area contributed by atoms with Crippen molar-refractivity contribution in [2.75, 3.05) is 5.73 Å². The Morgan fingerprint density at radius 1 is 1.05 bits per heavy atom. The zero-order valence-electron chi connectivity index (χ0n) is 42.7. The van der Waals surface area contributed by atoms with Crippen LogP contribution >= 0.6 is 46.7 Å². The van der Waals surface area contributed by atoms with Crippen molar-refractivity contribution in [1.29, 1.82) is 0 Å². The lowest BCUT2D eigenvalue weighted by Gasteiger charge is -2.39. The van der Waals surface area contributed by atoms with E-state index in [1.165, 1.54) is 65.6 Å². The van der Waals surface area contributed by atoms with E-state index in [-0.39, 0.29) is 35.0 Å². The molecule has 368 valence electrons. The van der Waals surface area contributed by atoms with Gasteiger partial charge in [-0.05, 0) is 127 Å². The minimum Gasteiger partial charge on any atom is -0.535 e. The average molecular weight is 1050 g/mol. The molecule has 9 aliphatic rings. The Morgan fingerprint density at radius 3 is 2.68 bits per heavy atom. The number of thiophene rings is 1. The standard InChI is InChI=1S/C61H60BN5OS5/c1-10-11-32(2)22-34(4)38(8)40-16-19-45-47(25-40)58-60-56(31-55(71-60)41-17-21-49(65-69)48(63)26-41)72-62-67(58)52(45)29-51-44-20-18-43(61(9)35(5)23-33(3)24-36(61)6)28-46(44)57(64-51)59-53(68-62)30-54(70-59)42-15-14-39-13-12-37(7)73-66-50(39)27-42/h11,13-29,31,35,37,45,50,52,54,66H,8,10,12,30,63H2,1-7,9H3/b32-11-,34-22-,51-29-. The summed E-state index contributed by atoms with van der Waals surface area (Å²) in [6.07, 6.45) is 30.9. The smallest absolute Gasteiger partial charge is 0.535 e. The van der Waals surface area contributed by atoms with Crippen molar-refractivity contribution in [3.05, 3.63) is 204 Å². The van der Waals surface area contributed by atoms with E-state index < -0.39 is 0 Å². The minimum atomic E-state index is -0.356. The summed E-state index contributed by atoms with van der Waals surface area (Å²) in [4.78, 5) is 13.1. The third-order valence-corrected chi connectivity index (χ3v) is 21.3. The third kappa shape index (κ3) is 8.34. The third-order valence-electron chi connectivity index (χ3n) is 16.3. The van der Waals surface area contributed by atoms with Crippen LogP contribution in [-0.2, 0) is 22.5 Å². The van der Waals surface area contributed by atoms with Crippen molar-refractivity contribution in [3.63, 3.8) is 0 Å². The maximum Gasteiger partial charge on any atom is 0.562 e. The summed E-state index contributed by atoms with van der Waals surface area (Å²) in [5, 5.41) is 0.672. The molecule has 0 spiro atoms. The van der Waals surface area contributed by atoms with Gasteiger partial charge in [0.2, 0.25) is 0 Å². The molecule has 1 aromatic heterocycles. The van der Waals surface area contributed by atoms with E-state index in [9.17, 15) is 0 Å². The van der Waals surface area contributed by atoms with E-state index in [4.69, 9.17) is 34.4 Å². The highest BCUT2D eigenvalue weighted by Gasteiger charge is 2.53. The SMILES string of the molecule is C=C(C1=CC2=C3c4sc(-c5ccc(N=S)c(N)c5)cc4SB4OC5=C(SC(C6=CC7NSC(C)CC=C7C=C6)C5)C5=N/C(=C\C(C2C=C1)N43)c1ccc(C2(C)C(C)=CC(C)=CC2C)cc15)/C(C)=C\C(C)=C/CC. The number of hydrogen-bond donors (Lipinski definition) is 2. The van der Waals surface area contributed by atoms with Crippen molar-refractivity contribution in [3.8, 4) is 10.4 Å². The molecule has 3 aliphatic carbocycles. The summed E-state index contributed by atoms with van der Waals surface area (Å²) in [5.74, 6) is 1.38. The molecule has 0 amide bonds. The average Bonchev–Trinajstić information content (AvgIpc) is 4.13. The van der Waals surface area contributed by atoms with E-state index in [1.807, 2.05) is 58.8 Å². The van der Waals surface area contributed by atoms with Crippen LogP contribution in [0, 0.1) is 11.8 Å². The van der Waals surface area contributed by atoms with Gasteiger partial charge in [0.1, 0.15) is 0 Å². The Labute approximate surface area is 454 Å². The zero-order valence-corrected chi connectivity index (χ0v) is 46.8. The van der Waals surface area contributed by atoms with Crippen LogP contribution in [0.5, 0.6) is 0 Å². The molecule has 7 heterocycles. The minimum absolute atomic E-state index is 0.0367. The molecule has 3 N–H and O–H groups in total. The molecular weight excluding hydrogens is 990 g/mol. The van der Waals surface area contributed by atoms with Gasteiger partial charge < -0.3 is 15.2 Å². The van der Waals surface area contributed by atoms with Gasteiger partial charge in [-0.25, -0.2) is 4.99 Å². The Hall–Kier alpha value is -5.08.